The summed E-state index contributed by atoms with van der Waals surface area (Å²) in [6.45, 7) is 7.27. The van der Waals surface area contributed by atoms with E-state index in [2.05, 4.69) is 34.6 Å². The van der Waals surface area contributed by atoms with E-state index in [1.54, 1.807) is 0 Å². The third kappa shape index (κ3) is 69.0. The maximum atomic E-state index is 13.1. The van der Waals surface area contributed by atoms with E-state index in [0.29, 0.717) is 25.7 Å². The van der Waals surface area contributed by atoms with Crippen molar-refractivity contribution >= 4 is 39.5 Å². The number of phosphoric ester groups is 2. The fourth-order valence-electron chi connectivity index (χ4n) is 11.7. The summed E-state index contributed by atoms with van der Waals surface area (Å²) in [6.07, 6.45) is 58.3. The quantitative estimate of drug-likeness (QED) is 0.0222. The minimum absolute atomic E-state index is 0.105. The van der Waals surface area contributed by atoms with E-state index in [1.807, 2.05) is 0 Å². The topological polar surface area (TPSA) is 237 Å². The molecule has 0 rings (SSSR count). The van der Waals surface area contributed by atoms with Crippen molar-refractivity contribution in [3.8, 4) is 0 Å². The zero-order valence-electron chi connectivity index (χ0n) is 61.8. The predicted molar refractivity (Wildman–Crippen MR) is 386 cm³/mol. The van der Waals surface area contributed by atoms with Gasteiger partial charge in [-0.15, -0.1) is 0 Å². The van der Waals surface area contributed by atoms with Crippen molar-refractivity contribution in [2.45, 2.75) is 419 Å². The molecule has 17 nitrogen and oxygen atoms in total. The van der Waals surface area contributed by atoms with Crippen molar-refractivity contribution in [2.24, 2.45) is 5.92 Å². The Hall–Kier alpha value is -1.94. The largest absolute Gasteiger partial charge is 0.472 e. The highest BCUT2D eigenvalue weighted by molar-refractivity contribution is 7.47. The first-order chi connectivity index (χ1) is 46.1. The lowest BCUT2D eigenvalue weighted by molar-refractivity contribution is -0.161. The van der Waals surface area contributed by atoms with Gasteiger partial charge in [-0.1, -0.05) is 349 Å². The van der Waals surface area contributed by atoms with Crippen LogP contribution in [0.5, 0.6) is 0 Å². The molecule has 0 aliphatic carbocycles. The number of hydrogen-bond acceptors (Lipinski definition) is 15. The van der Waals surface area contributed by atoms with Gasteiger partial charge < -0.3 is 33.8 Å². The number of ether oxygens (including phenoxy) is 4. The Morgan fingerprint density at radius 2 is 0.505 bits per heavy atom. The average molecular weight is 1400 g/mol. The molecule has 6 atom stereocenters. The van der Waals surface area contributed by atoms with Crippen molar-refractivity contribution in [2.75, 3.05) is 39.6 Å². The molecule has 0 aromatic rings. The van der Waals surface area contributed by atoms with E-state index < -0.39 is 97.5 Å². The Morgan fingerprint density at radius 3 is 0.747 bits per heavy atom. The van der Waals surface area contributed by atoms with Crippen LogP contribution in [0.3, 0.4) is 0 Å². The summed E-state index contributed by atoms with van der Waals surface area (Å²) < 4.78 is 68.5. The maximum Gasteiger partial charge on any atom is 0.472 e. The van der Waals surface area contributed by atoms with Crippen LogP contribution in [0.2, 0.25) is 0 Å². The molecular weight excluding hydrogens is 1250 g/mol. The molecule has 0 aromatic carbocycles. The van der Waals surface area contributed by atoms with Gasteiger partial charge in [0.15, 0.2) is 12.2 Å². The predicted octanol–water partition coefficient (Wildman–Crippen LogP) is 22.5. The van der Waals surface area contributed by atoms with Gasteiger partial charge in [0.2, 0.25) is 0 Å². The number of aliphatic hydroxyl groups is 1. The van der Waals surface area contributed by atoms with Gasteiger partial charge in [-0.25, -0.2) is 9.13 Å². The summed E-state index contributed by atoms with van der Waals surface area (Å²) in [6, 6.07) is 0. The van der Waals surface area contributed by atoms with Crippen molar-refractivity contribution < 1.29 is 80.2 Å². The van der Waals surface area contributed by atoms with Crippen LogP contribution in [0.25, 0.3) is 0 Å². The first-order valence-electron chi connectivity index (χ1n) is 39.7. The van der Waals surface area contributed by atoms with E-state index in [9.17, 15) is 43.2 Å². The van der Waals surface area contributed by atoms with Crippen molar-refractivity contribution in [3.63, 3.8) is 0 Å². The van der Waals surface area contributed by atoms with E-state index in [1.165, 1.54) is 225 Å². The van der Waals surface area contributed by atoms with E-state index in [-0.39, 0.29) is 25.7 Å². The SMILES string of the molecule is CCCCCCCCCCCCCCCCCCCCCCCC(=O)O[C@H](COC(=O)CCCCCCCCCCCCCCC)COP(=O)(O)OC[C@@H](O)COP(=O)(O)OC[C@@H](COC(=O)CCCCCCCCCCC)OC(=O)CCCCCCCCCCC(C)CC. The van der Waals surface area contributed by atoms with Gasteiger partial charge in [-0.2, -0.15) is 0 Å². The molecule has 0 heterocycles. The smallest absolute Gasteiger partial charge is 0.462 e. The van der Waals surface area contributed by atoms with Gasteiger partial charge in [0, 0.05) is 25.7 Å². The molecule has 0 fully saturated rings. The lowest BCUT2D eigenvalue weighted by Gasteiger charge is -2.21. The normalized spacial score (nSPS) is 14.2. The van der Waals surface area contributed by atoms with Gasteiger partial charge in [0.05, 0.1) is 26.4 Å². The first kappa shape index (κ1) is 93.1. The minimum Gasteiger partial charge on any atom is -0.462 e. The second kappa shape index (κ2) is 69.2. The number of unbranched alkanes of at least 4 members (excludes halogenated alkanes) is 47. The van der Waals surface area contributed by atoms with E-state index in [0.717, 1.165) is 95.8 Å². The van der Waals surface area contributed by atoms with Crippen LogP contribution in [-0.2, 0) is 65.4 Å². The van der Waals surface area contributed by atoms with Crippen molar-refractivity contribution in [1.82, 2.24) is 0 Å². The summed E-state index contributed by atoms with van der Waals surface area (Å²) in [5.74, 6) is -1.35. The molecule has 0 amide bonds. The van der Waals surface area contributed by atoms with Gasteiger partial charge in [-0.05, 0) is 31.6 Å². The third-order valence-electron chi connectivity index (χ3n) is 18.1. The zero-order chi connectivity index (χ0) is 69.8. The second-order valence-electron chi connectivity index (χ2n) is 27.6. The van der Waals surface area contributed by atoms with Crippen LogP contribution in [0.4, 0.5) is 0 Å². The van der Waals surface area contributed by atoms with Gasteiger partial charge >= 0.3 is 39.5 Å². The summed E-state index contributed by atoms with van der Waals surface area (Å²) in [5.41, 5.74) is 0. The zero-order valence-corrected chi connectivity index (χ0v) is 63.6. The molecule has 0 radical (unpaired) electrons. The highest BCUT2D eigenvalue weighted by Crippen LogP contribution is 2.45. The van der Waals surface area contributed by atoms with Gasteiger partial charge in [0.25, 0.3) is 0 Å². The Labute approximate surface area is 581 Å². The molecule has 564 valence electrons. The number of carbonyl (C=O) groups excluding carboxylic acids is 4. The molecule has 0 aromatic heterocycles. The van der Waals surface area contributed by atoms with Crippen LogP contribution >= 0.6 is 15.6 Å². The number of aliphatic hydroxyl groups excluding tert-OH is 1. The number of hydrogen-bond donors (Lipinski definition) is 3. The van der Waals surface area contributed by atoms with Crippen LogP contribution in [0, 0.1) is 5.92 Å². The van der Waals surface area contributed by atoms with Crippen LogP contribution in [0.1, 0.15) is 401 Å². The molecule has 19 heteroatoms. The Morgan fingerprint density at radius 1 is 0.295 bits per heavy atom. The van der Waals surface area contributed by atoms with Gasteiger partial charge in [0.1, 0.15) is 19.3 Å². The highest BCUT2D eigenvalue weighted by Gasteiger charge is 2.30. The lowest BCUT2D eigenvalue weighted by atomic mass is 9.99. The number of rotatable bonds is 76. The number of carbonyl (C=O) groups is 4. The fourth-order valence-corrected chi connectivity index (χ4v) is 13.3. The maximum absolute atomic E-state index is 13.1. The fraction of sp³-hybridized carbons (Fsp3) is 0.947. The van der Waals surface area contributed by atoms with Gasteiger partial charge in [-0.3, -0.25) is 37.3 Å². The van der Waals surface area contributed by atoms with E-state index in [4.69, 9.17) is 37.0 Å². The van der Waals surface area contributed by atoms with Crippen LogP contribution in [0.15, 0.2) is 0 Å². The lowest BCUT2D eigenvalue weighted by Crippen LogP contribution is -2.30. The molecule has 0 aliphatic rings. The van der Waals surface area contributed by atoms with Crippen molar-refractivity contribution in [1.29, 1.82) is 0 Å². The third-order valence-corrected chi connectivity index (χ3v) is 20.0. The summed E-state index contributed by atoms with van der Waals surface area (Å²) >= 11 is 0. The Balaban J connectivity index is 5.19. The van der Waals surface area contributed by atoms with Crippen LogP contribution in [-0.4, -0.2) is 96.7 Å². The number of esters is 4. The molecule has 3 unspecified atom stereocenters. The molecule has 0 saturated heterocycles. The molecule has 0 spiro atoms. The molecule has 0 aliphatic heterocycles. The van der Waals surface area contributed by atoms with Crippen molar-refractivity contribution in [3.05, 3.63) is 0 Å². The molecule has 0 bridgehead atoms. The molecular formula is C76H148O17P2. The average Bonchev–Trinajstić information content (AvgIpc) is 2.61. The van der Waals surface area contributed by atoms with Crippen LogP contribution < -0.4 is 0 Å². The highest BCUT2D eigenvalue weighted by atomic mass is 31.2. The Bertz CT molecular complexity index is 1820. The minimum atomic E-state index is -4.96. The molecule has 0 saturated carbocycles. The Kier molecular flexibility index (Phi) is 67.7. The van der Waals surface area contributed by atoms with E-state index >= 15 is 0 Å². The number of phosphoric acid groups is 2. The summed E-state index contributed by atoms with van der Waals surface area (Å²) in [5, 5.41) is 10.6. The summed E-state index contributed by atoms with van der Waals surface area (Å²) in [7, 11) is -9.91. The molecule has 95 heavy (non-hydrogen) atoms. The molecule has 3 N–H and O–H groups in total. The monoisotopic (exact) mass is 1400 g/mol. The second-order valence-corrected chi connectivity index (χ2v) is 30.5. The standard InChI is InChI=1S/C76H148O17P2/c1-6-10-13-16-19-22-24-26-27-28-29-30-31-32-33-35-37-40-46-51-56-61-75(80)92-71(66-87-74(79)60-55-50-45-39-36-34-25-23-20-17-14-11-7-2)67-90-94(82,83)88-63-70(77)64-89-95(84,85)91-68-72(65-86-73(78)59-54-49-44-38-21-18-15-12-8-3)93-76(81)62-57-52-47-42-41-43-48-53-58-69(5)9-4/h69-72,77H,6-68H2,1-5H3,(H,82,83)(H,84,85)/t69?,70-,71-,72-/m1/s1. The first-order valence-corrected chi connectivity index (χ1v) is 42.7. The summed E-state index contributed by atoms with van der Waals surface area (Å²) in [4.78, 5) is 72.7.